The molecule has 0 bridgehead atoms. The Morgan fingerprint density at radius 3 is 2.54 bits per heavy atom. The van der Waals surface area contributed by atoms with Gasteiger partial charge in [-0.3, -0.25) is 24.3 Å². The first-order chi connectivity index (χ1) is 13.4. The fraction of sp³-hybridized carbons (Fsp3) is 0.278. The van der Waals surface area contributed by atoms with Crippen LogP contribution in [0, 0.1) is 21.4 Å². The number of pyridine rings is 1. The number of rotatable bonds is 8. The molecular formula is C18H18N4O6. The number of carbonyl (C=O) groups is 1. The van der Waals surface area contributed by atoms with Crippen LogP contribution in [-0.4, -0.2) is 28.6 Å². The number of nitro groups is 1. The van der Waals surface area contributed by atoms with Crippen LogP contribution in [0.2, 0.25) is 0 Å². The monoisotopic (exact) mass is 386 g/mol. The number of amides is 1. The van der Waals surface area contributed by atoms with E-state index in [1.807, 2.05) is 13.8 Å². The van der Waals surface area contributed by atoms with Crippen molar-refractivity contribution in [1.29, 1.82) is 5.26 Å². The van der Waals surface area contributed by atoms with Gasteiger partial charge in [0.2, 0.25) is 5.91 Å². The number of nitrogens with zero attached hydrogens (tertiary/aromatic N) is 3. The molecule has 2 rings (SSSR count). The van der Waals surface area contributed by atoms with E-state index in [1.54, 1.807) is 24.3 Å². The largest absolute Gasteiger partial charge is 0.490 e. The van der Waals surface area contributed by atoms with Gasteiger partial charge in [0.05, 0.1) is 24.3 Å². The van der Waals surface area contributed by atoms with Crippen molar-refractivity contribution in [3.8, 4) is 17.6 Å². The predicted molar refractivity (Wildman–Crippen MR) is 99.5 cm³/mol. The molecule has 10 heteroatoms. The molecule has 1 heterocycles. The second-order valence-electron chi connectivity index (χ2n) is 5.49. The van der Waals surface area contributed by atoms with E-state index in [1.165, 1.54) is 0 Å². The molecule has 0 aliphatic heterocycles. The molecule has 0 radical (unpaired) electrons. The summed E-state index contributed by atoms with van der Waals surface area (Å²) >= 11 is 0. The molecule has 0 fully saturated rings. The number of nitriles is 1. The molecule has 0 unspecified atom stereocenters. The number of carbonyl (C=O) groups excluding carboxylic acids is 1. The maximum Gasteiger partial charge on any atom is 0.287 e. The van der Waals surface area contributed by atoms with Crippen LogP contribution >= 0.6 is 0 Å². The van der Waals surface area contributed by atoms with Gasteiger partial charge in [-0.05, 0) is 26.0 Å². The van der Waals surface area contributed by atoms with Crippen molar-refractivity contribution in [3.05, 3.63) is 56.5 Å². The summed E-state index contributed by atoms with van der Waals surface area (Å²) in [5.74, 6) is 0.371. The minimum absolute atomic E-state index is 0.399. The Morgan fingerprint density at radius 1 is 1.25 bits per heavy atom. The van der Waals surface area contributed by atoms with Crippen molar-refractivity contribution in [2.75, 3.05) is 18.5 Å². The molecule has 0 aliphatic carbocycles. The lowest BCUT2D eigenvalue weighted by Gasteiger charge is -2.13. The summed E-state index contributed by atoms with van der Waals surface area (Å²) < 4.78 is 11.7. The van der Waals surface area contributed by atoms with Crippen LogP contribution in [0.4, 0.5) is 11.4 Å². The van der Waals surface area contributed by atoms with E-state index in [9.17, 15) is 19.7 Å². The summed E-state index contributed by atoms with van der Waals surface area (Å²) in [5.41, 5.74) is -1.26. The number of anilines is 1. The fourth-order valence-electron chi connectivity index (χ4n) is 2.40. The third kappa shape index (κ3) is 4.85. The molecule has 0 saturated heterocycles. The zero-order chi connectivity index (χ0) is 20.7. The van der Waals surface area contributed by atoms with Gasteiger partial charge < -0.3 is 14.8 Å². The third-order valence-electron chi connectivity index (χ3n) is 3.54. The number of hydrogen-bond acceptors (Lipinski definition) is 7. The van der Waals surface area contributed by atoms with Crippen LogP contribution in [0.15, 0.2) is 35.3 Å². The molecule has 1 aromatic carbocycles. The summed E-state index contributed by atoms with van der Waals surface area (Å²) in [6, 6.07) is 7.27. The smallest absolute Gasteiger partial charge is 0.287 e. The van der Waals surface area contributed by atoms with Gasteiger partial charge in [-0.25, -0.2) is 0 Å². The van der Waals surface area contributed by atoms with E-state index in [-0.39, 0.29) is 0 Å². The van der Waals surface area contributed by atoms with Gasteiger partial charge in [-0.15, -0.1) is 0 Å². The molecule has 0 atom stereocenters. The van der Waals surface area contributed by atoms with Crippen molar-refractivity contribution in [3.63, 3.8) is 0 Å². The molecule has 1 aromatic heterocycles. The highest BCUT2D eigenvalue weighted by Crippen LogP contribution is 2.30. The molecule has 28 heavy (non-hydrogen) atoms. The highest BCUT2D eigenvalue weighted by atomic mass is 16.6. The molecule has 10 nitrogen and oxygen atoms in total. The summed E-state index contributed by atoms with van der Waals surface area (Å²) in [5, 5.41) is 22.5. The Bertz CT molecular complexity index is 993. The molecule has 1 N–H and O–H groups in total. The molecule has 146 valence electrons. The Kier molecular flexibility index (Phi) is 6.70. The van der Waals surface area contributed by atoms with Gasteiger partial charge in [-0.2, -0.15) is 5.26 Å². The van der Waals surface area contributed by atoms with E-state index in [4.69, 9.17) is 14.7 Å². The van der Waals surface area contributed by atoms with Gasteiger partial charge in [0, 0.05) is 17.8 Å². The van der Waals surface area contributed by atoms with Crippen molar-refractivity contribution in [1.82, 2.24) is 4.57 Å². The maximum atomic E-state index is 12.3. The second-order valence-corrected chi connectivity index (χ2v) is 5.49. The molecule has 0 aliphatic rings. The van der Waals surface area contributed by atoms with Crippen molar-refractivity contribution in [2.24, 2.45) is 0 Å². The molecule has 2 aromatic rings. The van der Waals surface area contributed by atoms with E-state index in [2.05, 4.69) is 5.32 Å². The van der Waals surface area contributed by atoms with Crippen LogP contribution in [0.3, 0.4) is 0 Å². The number of nitrogens with one attached hydrogen (secondary N) is 1. The average molecular weight is 386 g/mol. The van der Waals surface area contributed by atoms with Gasteiger partial charge >= 0.3 is 0 Å². The molecular weight excluding hydrogens is 368 g/mol. The van der Waals surface area contributed by atoms with Gasteiger partial charge in [0.25, 0.3) is 11.2 Å². The highest BCUT2D eigenvalue weighted by Gasteiger charge is 2.16. The van der Waals surface area contributed by atoms with Crippen LogP contribution in [0.1, 0.15) is 19.4 Å². The van der Waals surface area contributed by atoms with E-state index >= 15 is 0 Å². The molecule has 0 saturated carbocycles. The average Bonchev–Trinajstić information content (AvgIpc) is 2.65. The Balaban J connectivity index is 2.24. The fourth-order valence-corrected chi connectivity index (χ4v) is 2.40. The zero-order valence-electron chi connectivity index (χ0n) is 15.3. The number of hydrogen-bond donors (Lipinski definition) is 1. The van der Waals surface area contributed by atoms with Crippen LogP contribution < -0.4 is 20.3 Å². The quantitative estimate of drug-likeness (QED) is 0.541. The van der Waals surface area contributed by atoms with Crippen LogP contribution in [0.5, 0.6) is 11.5 Å². The third-order valence-corrected chi connectivity index (χ3v) is 3.54. The Morgan fingerprint density at radius 2 is 1.93 bits per heavy atom. The van der Waals surface area contributed by atoms with Crippen LogP contribution in [-0.2, 0) is 11.3 Å². The highest BCUT2D eigenvalue weighted by molar-refractivity contribution is 5.91. The van der Waals surface area contributed by atoms with E-state index in [0.717, 1.165) is 16.8 Å². The van der Waals surface area contributed by atoms with Gasteiger partial charge in [-0.1, -0.05) is 0 Å². The Labute approximate surface area is 160 Å². The summed E-state index contributed by atoms with van der Waals surface area (Å²) in [4.78, 5) is 34.6. The lowest BCUT2D eigenvalue weighted by molar-refractivity contribution is -0.385. The second kappa shape index (κ2) is 9.18. The number of benzene rings is 1. The normalized spacial score (nSPS) is 10.0. The summed E-state index contributed by atoms with van der Waals surface area (Å²) in [7, 11) is 0. The first kappa shape index (κ1) is 20.4. The predicted octanol–water partition coefficient (Wildman–Crippen LogP) is 2.06. The zero-order valence-corrected chi connectivity index (χ0v) is 15.3. The van der Waals surface area contributed by atoms with Crippen molar-refractivity contribution in [2.45, 2.75) is 20.4 Å². The summed E-state index contributed by atoms with van der Waals surface area (Å²) in [6.45, 7) is 3.99. The minimum Gasteiger partial charge on any atom is -0.490 e. The lowest BCUT2D eigenvalue weighted by atomic mass is 10.2. The topological polar surface area (TPSA) is 136 Å². The lowest BCUT2D eigenvalue weighted by Crippen LogP contribution is -2.29. The number of ether oxygens (including phenoxy) is 2. The van der Waals surface area contributed by atoms with E-state index in [0.29, 0.717) is 30.4 Å². The molecule has 0 spiro atoms. The maximum absolute atomic E-state index is 12.3. The Hall–Kier alpha value is -3.87. The standard InChI is InChI=1S/C18H18N4O6/c1-3-27-15-6-5-13(8-16(15)28-4-2)20-17(23)11-21-10-14(22(25)26)7-12(9-19)18(21)24/h5-8,10H,3-4,11H2,1-2H3,(H,20,23). The van der Waals surface area contributed by atoms with Gasteiger partial charge in [0.1, 0.15) is 18.2 Å². The first-order valence-electron chi connectivity index (χ1n) is 8.38. The van der Waals surface area contributed by atoms with Gasteiger partial charge in [0.15, 0.2) is 11.5 Å². The minimum atomic E-state index is -0.787. The number of aromatic nitrogens is 1. The van der Waals surface area contributed by atoms with Crippen molar-refractivity contribution < 1.29 is 19.2 Å². The SMILES string of the molecule is CCOc1ccc(NC(=O)Cn2cc([N+](=O)[O-])cc(C#N)c2=O)cc1OCC. The first-order valence-corrected chi connectivity index (χ1v) is 8.38. The molecule has 1 amide bonds. The van der Waals surface area contributed by atoms with Crippen LogP contribution in [0.25, 0.3) is 0 Å². The summed E-state index contributed by atoms with van der Waals surface area (Å²) in [6.07, 6.45) is 0.923. The van der Waals surface area contributed by atoms with E-state index < -0.39 is 34.2 Å². The van der Waals surface area contributed by atoms with Crippen molar-refractivity contribution >= 4 is 17.3 Å².